The van der Waals surface area contributed by atoms with E-state index in [9.17, 15) is 4.79 Å². The van der Waals surface area contributed by atoms with E-state index in [4.69, 9.17) is 5.73 Å². The third-order valence-electron chi connectivity index (χ3n) is 2.99. The Morgan fingerprint density at radius 1 is 1.44 bits per heavy atom. The van der Waals surface area contributed by atoms with Crippen LogP contribution in [0, 0.1) is 12.8 Å². The number of aromatic nitrogens is 1. The third kappa shape index (κ3) is 1.81. The van der Waals surface area contributed by atoms with Crippen molar-refractivity contribution in [2.75, 3.05) is 0 Å². The fourth-order valence-electron chi connectivity index (χ4n) is 1.92. The normalized spacial score (nSPS) is 12.9. The smallest absolute Gasteiger partial charge is 0.222 e. The number of aryl methyl sites for hydroxylation is 1. The number of carbonyl (C=O) groups is 1. The van der Waals surface area contributed by atoms with Crippen molar-refractivity contribution in [3.63, 3.8) is 0 Å². The van der Waals surface area contributed by atoms with Crippen LogP contribution in [0.1, 0.15) is 12.5 Å². The Balaban J connectivity index is 2.39. The zero-order valence-electron chi connectivity index (χ0n) is 9.60. The van der Waals surface area contributed by atoms with E-state index in [1.807, 2.05) is 19.2 Å². The molecule has 0 aliphatic carbocycles. The first-order valence-corrected chi connectivity index (χ1v) is 5.43. The van der Waals surface area contributed by atoms with Crippen LogP contribution in [0.3, 0.4) is 0 Å². The minimum absolute atomic E-state index is 0.142. The van der Waals surface area contributed by atoms with Crippen LogP contribution >= 0.6 is 0 Å². The highest BCUT2D eigenvalue weighted by Gasteiger charge is 2.11. The Morgan fingerprint density at radius 3 is 2.88 bits per heavy atom. The number of nitrogens with two attached hydrogens (primary N) is 1. The van der Waals surface area contributed by atoms with E-state index in [2.05, 4.69) is 29.7 Å². The molecule has 2 N–H and O–H groups in total. The molecule has 0 saturated heterocycles. The predicted molar refractivity (Wildman–Crippen MR) is 65.0 cm³/mol. The molecule has 1 aromatic heterocycles. The molecule has 0 aliphatic rings. The molecule has 1 aromatic carbocycles. The Kier molecular flexibility index (Phi) is 2.69. The largest absolute Gasteiger partial charge is 0.369 e. The SMILES string of the molecule is Cc1cccc2c1ccn2CC(C)C(N)=O. The lowest BCUT2D eigenvalue weighted by Gasteiger charge is -2.10. The summed E-state index contributed by atoms with van der Waals surface area (Å²) in [5.41, 5.74) is 7.69. The molecule has 2 aromatic rings. The molecule has 0 spiro atoms. The number of hydrogen-bond acceptors (Lipinski definition) is 1. The zero-order valence-corrected chi connectivity index (χ0v) is 9.60. The van der Waals surface area contributed by atoms with Gasteiger partial charge in [-0.1, -0.05) is 19.1 Å². The van der Waals surface area contributed by atoms with Crippen LogP contribution in [0.4, 0.5) is 0 Å². The lowest BCUT2D eigenvalue weighted by Crippen LogP contribution is -2.24. The number of primary amides is 1. The second-order valence-electron chi connectivity index (χ2n) is 4.28. The minimum Gasteiger partial charge on any atom is -0.369 e. The summed E-state index contributed by atoms with van der Waals surface area (Å²) in [6, 6.07) is 8.27. The van der Waals surface area contributed by atoms with Crippen LogP contribution in [-0.2, 0) is 11.3 Å². The molecule has 1 unspecified atom stereocenters. The second-order valence-corrected chi connectivity index (χ2v) is 4.28. The van der Waals surface area contributed by atoms with Gasteiger partial charge < -0.3 is 10.3 Å². The molecule has 0 saturated carbocycles. The molecule has 2 rings (SSSR count). The van der Waals surface area contributed by atoms with Gasteiger partial charge >= 0.3 is 0 Å². The maximum atomic E-state index is 11.0. The van der Waals surface area contributed by atoms with E-state index in [0.29, 0.717) is 6.54 Å². The van der Waals surface area contributed by atoms with Crippen molar-refractivity contribution in [1.82, 2.24) is 4.57 Å². The minimum atomic E-state index is -0.255. The van der Waals surface area contributed by atoms with Gasteiger partial charge in [0.05, 0.1) is 5.92 Å². The highest BCUT2D eigenvalue weighted by atomic mass is 16.1. The third-order valence-corrected chi connectivity index (χ3v) is 2.99. The first kappa shape index (κ1) is 10.7. The molecule has 0 fully saturated rings. The van der Waals surface area contributed by atoms with Gasteiger partial charge in [0.25, 0.3) is 0 Å². The number of nitrogens with zero attached hydrogens (tertiary/aromatic N) is 1. The molecule has 0 radical (unpaired) electrons. The summed E-state index contributed by atoms with van der Waals surface area (Å²) < 4.78 is 2.08. The van der Waals surface area contributed by atoms with Crippen molar-refractivity contribution in [3.8, 4) is 0 Å². The van der Waals surface area contributed by atoms with E-state index in [1.54, 1.807) is 0 Å². The van der Waals surface area contributed by atoms with Crippen molar-refractivity contribution >= 4 is 16.8 Å². The lowest BCUT2D eigenvalue weighted by molar-refractivity contribution is -0.121. The van der Waals surface area contributed by atoms with E-state index >= 15 is 0 Å². The Morgan fingerprint density at radius 2 is 2.19 bits per heavy atom. The maximum Gasteiger partial charge on any atom is 0.222 e. The van der Waals surface area contributed by atoms with Crippen LogP contribution in [-0.4, -0.2) is 10.5 Å². The lowest BCUT2D eigenvalue weighted by atomic mass is 10.1. The van der Waals surface area contributed by atoms with Gasteiger partial charge in [-0.05, 0) is 24.6 Å². The number of carbonyl (C=O) groups excluding carboxylic acids is 1. The molecule has 1 heterocycles. The average molecular weight is 216 g/mol. The van der Waals surface area contributed by atoms with Crippen LogP contribution in [0.2, 0.25) is 0 Å². The highest BCUT2D eigenvalue weighted by molar-refractivity contribution is 5.83. The van der Waals surface area contributed by atoms with Gasteiger partial charge in [-0.3, -0.25) is 4.79 Å². The van der Waals surface area contributed by atoms with E-state index in [0.717, 1.165) is 5.52 Å². The van der Waals surface area contributed by atoms with Gasteiger partial charge in [-0.2, -0.15) is 0 Å². The molecule has 1 amide bonds. The summed E-state index contributed by atoms with van der Waals surface area (Å²) in [5, 5.41) is 1.24. The van der Waals surface area contributed by atoms with Crippen molar-refractivity contribution in [1.29, 1.82) is 0 Å². The highest BCUT2D eigenvalue weighted by Crippen LogP contribution is 2.20. The van der Waals surface area contributed by atoms with E-state index < -0.39 is 0 Å². The fraction of sp³-hybridized carbons (Fsp3) is 0.308. The van der Waals surface area contributed by atoms with Gasteiger partial charge in [0.15, 0.2) is 0 Å². The van der Waals surface area contributed by atoms with Gasteiger partial charge in [0.1, 0.15) is 0 Å². The second kappa shape index (κ2) is 4.00. The van der Waals surface area contributed by atoms with Gasteiger partial charge in [0, 0.05) is 23.6 Å². The monoisotopic (exact) mass is 216 g/mol. The van der Waals surface area contributed by atoms with Crippen LogP contribution in [0.5, 0.6) is 0 Å². The summed E-state index contributed by atoms with van der Waals surface area (Å²) >= 11 is 0. The molecular weight excluding hydrogens is 200 g/mol. The van der Waals surface area contributed by atoms with Crippen LogP contribution < -0.4 is 5.73 Å². The summed E-state index contributed by atoms with van der Waals surface area (Å²) in [6.45, 7) is 4.58. The fourth-order valence-corrected chi connectivity index (χ4v) is 1.92. The number of amides is 1. The number of fused-ring (bicyclic) bond motifs is 1. The van der Waals surface area contributed by atoms with Crippen molar-refractivity contribution < 1.29 is 4.79 Å². The molecule has 3 heteroatoms. The molecule has 3 nitrogen and oxygen atoms in total. The molecule has 0 bridgehead atoms. The Bertz CT molecular complexity index is 528. The average Bonchev–Trinajstić information content (AvgIpc) is 2.63. The summed E-state index contributed by atoms with van der Waals surface area (Å²) in [4.78, 5) is 11.0. The molecule has 0 aliphatic heterocycles. The standard InChI is InChI=1S/C13H16N2O/c1-9-4-3-5-12-11(9)6-7-15(12)8-10(2)13(14)16/h3-7,10H,8H2,1-2H3,(H2,14,16). The molecule has 1 atom stereocenters. The maximum absolute atomic E-state index is 11.0. The van der Waals surface area contributed by atoms with Gasteiger partial charge in [-0.25, -0.2) is 0 Å². The Hall–Kier alpha value is -1.77. The number of rotatable bonds is 3. The topological polar surface area (TPSA) is 48.0 Å². The summed E-state index contributed by atoms with van der Waals surface area (Å²) in [5.74, 6) is -0.398. The van der Waals surface area contributed by atoms with Crippen molar-refractivity contribution in [2.24, 2.45) is 11.7 Å². The Labute approximate surface area is 94.9 Å². The quantitative estimate of drug-likeness (QED) is 0.838. The molecule has 16 heavy (non-hydrogen) atoms. The molecule has 84 valence electrons. The first-order chi connectivity index (χ1) is 7.59. The van der Waals surface area contributed by atoms with Crippen molar-refractivity contribution in [2.45, 2.75) is 20.4 Å². The van der Waals surface area contributed by atoms with E-state index in [-0.39, 0.29) is 11.8 Å². The van der Waals surface area contributed by atoms with Gasteiger partial charge in [0.2, 0.25) is 5.91 Å². The summed E-state index contributed by atoms with van der Waals surface area (Å²) in [7, 11) is 0. The zero-order chi connectivity index (χ0) is 11.7. The van der Waals surface area contributed by atoms with Crippen LogP contribution in [0.25, 0.3) is 10.9 Å². The number of benzene rings is 1. The summed E-state index contributed by atoms with van der Waals surface area (Å²) in [6.07, 6.45) is 2.01. The van der Waals surface area contributed by atoms with Crippen molar-refractivity contribution in [3.05, 3.63) is 36.0 Å². The predicted octanol–water partition coefficient (Wildman–Crippen LogP) is 2.07. The first-order valence-electron chi connectivity index (χ1n) is 5.43. The van der Waals surface area contributed by atoms with E-state index in [1.165, 1.54) is 10.9 Å². The molecular formula is C13H16N2O. The van der Waals surface area contributed by atoms with Gasteiger partial charge in [-0.15, -0.1) is 0 Å². The van der Waals surface area contributed by atoms with Crippen LogP contribution in [0.15, 0.2) is 30.5 Å². The number of hydrogen-bond donors (Lipinski definition) is 1.